The van der Waals surface area contributed by atoms with Crippen LogP contribution in [-0.4, -0.2) is 23.9 Å². The first-order chi connectivity index (χ1) is 7.50. The van der Waals surface area contributed by atoms with Crippen molar-refractivity contribution >= 4 is 17.6 Å². The molecule has 0 bridgehead atoms. The van der Waals surface area contributed by atoms with Crippen LogP contribution >= 0.6 is 11.6 Å². The number of nitrogens with two attached hydrogens (primary N) is 1. The van der Waals surface area contributed by atoms with E-state index in [-0.39, 0.29) is 6.04 Å². The molecule has 2 N–H and O–H groups in total. The molecule has 0 unspecified atom stereocenters. The van der Waals surface area contributed by atoms with E-state index in [1.54, 1.807) is 0 Å². The molecule has 1 aromatic carbocycles. The molecule has 16 heavy (non-hydrogen) atoms. The Labute approximate surface area is 102 Å². The molecule has 0 aliphatic carbocycles. The van der Waals surface area contributed by atoms with Crippen LogP contribution in [0.1, 0.15) is 19.4 Å². The van der Waals surface area contributed by atoms with Gasteiger partial charge in [0.2, 0.25) is 0 Å². The van der Waals surface area contributed by atoms with E-state index in [9.17, 15) is 0 Å². The third kappa shape index (κ3) is 3.74. The van der Waals surface area contributed by atoms with Crippen molar-refractivity contribution in [3.8, 4) is 0 Å². The minimum Gasteiger partial charge on any atom is -0.370 e. The second-order valence-corrected chi connectivity index (χ2v) is 4.44. The highest BCUT2D eigenvalue weighted by atomic mass is 35.5. The van der Waals surface area contributed by atoms with E-state index in [1.165, 1.54) is 0 Å². The van der Waals surface area contributed by atoms with Crippen LogP contribution in [0.5, 0.6) is 0 Å². The molecule has 0 aromatic heterocycles. The fourth-order valence-electron chi connectivity index (χ4n) is 1.33. The van der Waals surface area contributed by atoms with Crippen molar-refractivity contribution in [1.82, 2.24) is 4.90 Å². The number of aliphatic imine (C=N–C) groups is 1. The van der Waals surface area contributed by atoms with Gasteiger partial charge in [-0.05, 0) is 25.5 Å². The monoisotopic (exact) mass is 239 g/mol. The van der Waals surface area contributed by atoms with Gasteiger partial charge in [-0.25, -0.2) is 0 Å². The quantitative estimate of drug-likeness (QED) is 0.651. The third-order valence-corrected chi connectivity index (χ3v) is 2.52. The first-order valence-electron chi connectivity index (χ1n) is 5.28. The molecule has 0 saturated carbocycles. The highest BCUT2D eigenvalue weighted by Crippen LogP contribution is 2.16. The lowest BCUT2D eigenvalue weighted by Crippen LogP contribution is -2.34. The molecular formula is C12H18ClN3. The molecule has 0 aliphatic heterocycles. The number of halogens is 1. The Balaban J connectivity index is 2.72. The zero-order valence-electron chi connectivity index (χ0n) is 9.94. The number of hydrogen-bond acceptors (Lipinski definition) is 1. The summed E-state index contributed by atoms with van der Waals surface area (Å²) >= 11 is 6.07. The van der Waals surface area contributed by atoms with Gasteiger partial charge in [-0.1, -0.05) is 29.8 Å². The molecular weight excluding hydrogens is 222 g/mol. The van der Waals surface area contributed by atoms with Gasteiger partial charge in [-0.2, -0.15) is 0 Å². The summed E-state index contributed by atoms with van der Waals surface area (Å²) in [6.07, 6.45) is 0. The summed E-state index contributed by atoms with van der Waals surface area (Å²) in [6.45, 7) is 4.66. The van der Waals surface area contributed by atoms with Crippen molar-refractivity contribution < 1.29 is 0 Å². The maximum atomic E-state index is 6.07. The van der Waals surface area contributed by atoms with E-state index in [1.807, 2.05) is 50.1 Å². The molecule has 0 amide bonds. The second kappa shape index (κ2) is 5.75. The number of nitrogens with zero attached hydrogens (tertiary/aromatic N) is 2. The maximum absolute atomic E-state index is 6.07. The van der Waals surface area contributed by atoms with Gasteiger partial charge < -0.3 is 10.6 Å². The van der Waals surface area contributed by atoms with Gasteiger partial charge in [0.05, 0.1) is 0 Å². The first-order valence-corrected chi connectivity index (χ1v) is 5.66. The molecule has 3 nitrogen and oxygen atoms in total. The summed E-state index contributed by atoms with van der Waals surface area (Å²) in [5.74, 6) is 0.537. The summed E-state index contributed by atoms with van der Waals surface area (Å²) < 4.78 is 0. The van der Waals surface area contributed by atoms with Gasteiger partial charge >= 0.3 is 0 Å². The Bertz CT molecular complexity index is 374. The van der Waals surface area contributed by atoms with E-state index in [2.05, 4.69) is 4.99 Å². The molecule has 0 spiro atoms. The predicted molar refractivity (Wildman–Crippen MR) is 69.7 cm³/mol. The summed E-state index contributed by atoms with van der Waals surface area (Å²) in [6, 6.07) is 7.94. The maximum Gasteiger partial charge on any atom is 0.191 e. The second-order valence-electron chi connectivity index (χ2n) is 4.03. The van der Waals surface area contributed by atoms with Crippen LogP contribution in [0.2, 0.25) is 5.02 Å². The average Bonchev–Trinajstić information content (AvgIpc) is 2.20. The fraction of sp³-hybridized carbons (Fsp3) is 0.417. The van der Waals surface area contributed by atoms with Crippen LogP contribution in [0.25, 0.3) is 0 Å². The lowest BCUT2D eigenvalue weighted by molar-refractivity contribution is 0.489. The Kier molecular flexibility index (Phi) is 4.62. The van der Waals surface area contributed by atoms with Crippen molar-refractivity contribution in [2.75, 3.05) is 7.05 Å². The van der Waals surface area contributed by atoms with E-state index in [4.69, 9.17) is 17.3 Å². The number of hydrogen-bond donors (Lipinski definition) is 1. The van der Waals surface area contributed by atoms with Crippen LogP contribution in [0.3, 0.4) is 0 Å². The Hall–Kier alpha value is -1.22. The zero-order chi connectivity index (χ0) is 12.1. The van der Waals surface area contributed by atoms with E-state index >= 15 is 0 Å². The van der Waals surface area contributed by atoms with Crippen molar-refractivity contribution in [2.45, 2.75) is 26.4 Å². The highest BCUT2D eigenvalue weighted by Gasteiger charge is 2.06. The number of guanidine groups is 1. The Morgan fingerprint density at radius 3 is 2.62 bits per heavy atom. The lowest BCUT2D eigenvalue weighted by Gasteiger charge is -2.19. The molecule has 1 aromatic rings. The van der Waals surface area contributed by atoms with Crippen molar-refractivity contribution in [2.24, 2.45) is 10.7 Å². The fourth-order valence-corrected chi connectivity index (χ4v) is 1.52. The summed E-state index contributed by atoms with van der Waals surface area (Å²) in [7, 11) is 1.91. The normalized spacial score (nSPS) is 11.9. The first kappa shape index (κ1) is 12.8. The number of rotatable bonds is 3. The van der Waals surface area contributed by atoms with E-state index in [0.29, 0.717) is 12.5 Å². The smallest absolute Gasteiger partial charge is 0.191 e. The van der Waals surface area contributed by atoms with Crippen molar-refractivity contribution in [1.29, 1.82) is 0 Å². The van der Waals surface area contributed by atoms with Crippen LogP contribution in [-0.2, 0) is 6.54 Å². The van der Waals surface area contributed by atoms with E-state index < -0.39 is 0 Å². The molecule has 88 valence electrons. The standard InChI is InChI=1S/C12H18ClN3/c1-9(2)15-12(14)16(3)8-10-6-4-5-7-11(10)13/h4-7,9H,8H2,1-3H3,(H2,14,15). The highest BCUT2D eigenvalue weighted by molar-refractivity contribution is 6.31. The van der Waals surface area contributed by atoms with Crippen molar-refractivity contribution in [3.63, 3.8) is 0 Å². The zero-order valence-corrected chi connectivity index (χ0v) is 10.7. The number of benzene rings is 1. The molecule has 0 heterocycles. The largest absolute Gasteiger partial charge is 0.370 e. The van der Waals surface area contributed by atoms with Gasteiger partial charge in [-0.3, -0.25) is 4.99 Å². The van der Waals surface area contributed by atoms with Crippen LogP contribution < -0.4 is 5.73 Å². The predicted octanol–water partition coefficient (Wildman–Crippen LogP) is 2.49. The van der Waals surface area contributed by atoms with Gasteiger partial charge in [0.25, 0.3) is 0 Å². The van der Waals surface area contributed by atoms with Gasteiger partial charge in [-0.15, -0.1) is 0 Å². The SMILES string of the molecule is CC(C)N=C(N)N(C)Cc1ccccc1Cl. The molecule has 0 radical (unpaired) electrons. The summed E-state index contributed by atoms with van der Waals surface area (Å²) in [5, 5.41) is 0.756. The van der Waals surface area contributed by atoms with Crippen molar-refractivity contribution in [3.05, 3.63) is 34.9 Å². The summed E-state index contributed by atoms with van der Waals surface area (Å²) in [5.41, 5.74) is 6.90. The molecule has 1 rings (SSSR count). The molecule has 0 atom stereocenters. The lowest BCUT2D eigenvalue weighted by atomic mass is 10.2. The van der Waals surface area contributed by atoms with Gasteiger partial charge in [0.1, 0.15) is 0 Å². The topological polar surface area (TPSA) is 41.6 Å². The summed E-state index contributed by atoms with van der Waals surface area (Å²) in [4.78, 5) is 6.17. The molecule has 4 heteroatoms. The molecule has 0 saturated heterocycles. The Morgan fingerprint density at radius 1 is 1.44 bits per heavy atom. The minimum atomic E-state index is 0.202. The molecule has 0 aliphatic rings. The van der Waals surface area contributed by atoms with Gasteiger partial charge in [0, 0.05) is 24.7 Å². The van der Waals surface area contributed by atoms with Crippen LogP contribution in [0.4, 0.5) is 0 Å². The van der Waals surface area contributed by atoms with Gasteiger partial charge in [0.15, 0.2) is 5.96 Å². The van der Waals surface area contributed by atoms with Crippen LogP contribution in [0.15, 0.2) is 29.3 Å². The van der Waals surface area contributed by atoms with E-state index in [0.717, 1.165) is 10.6 Å². The minimum absolute atomic E-state index is 0.202. The average molecular weight is 240 g/mol. The molecule has 0 fully saturated rings. The third-order valence-electron chi connectivity index (χ3n) is 2.15. The van der Waals surface area contributed by atoms with Crippen LogP contribution in [0, 0.1) is 0 Å². The Morgan fingerprint density at radius 2 is 2.06 bits per heavy atom.